The van der Waals surface area contributed by atoms with Crippen LogP contribution in [0.4, 0.5) is 0 Å². The summed E-state index contributed by atoms with van der Waals surface area (Å²) >= 11 is 5.94. The van der Waals surface area contributed by atoms with E-state index in [2.05, 4.69) is 16.9 Å². The molecule has 0 aliphatic heterocycles. The van der Waals surface area contributed by atoms with Crippen molar-refractivity contribution in [1.29, 1.82) is 0 Å². The molecule has 0 spiro atoms. The molecule has 0 N–H and O–H groups in total. The van der Waals surface area contributed by atoms with Gasteiger partial charge in [-0.3, -0.25) is 0 Å². The fraction of sp³-hybridized carbons (Fsp3) is 0.125. The second kappa shape index (κ2) is 5.10. The maximum atomic E-state index is 5.94. The van der Waals surface area contributed by atoms with E-state index in [9.17, 15) is 0 Å². The largest absolute Gasteiger partial charge is 0.438 e. The zero-order valence-corrected chi connectivity index (χ0v) is 12.0. The van der Waals surface area contributed by atoms with E-state index in [-0.39, 0.29) is 5.28 Å². The first kappa shape index (κ1) is 12.9. The molecule has 1 heterocycles. The van der Waals surface area contributed by atoms with Crippen LogP contribution in [0.1, 0.15) is 11.1 Å². The number of benzene rings is 2. The Labute approximate surface area is 122 Å². The van der Waals surface area contributed by atoms with Crippen molar-refractivity contribution in [3.05, 3.63) is 58.9 Å². The highest BCUT2D eigenvalue weighted by Gasteiger charge is 2.09. The van der Waals surface area contributed by atoms with Crippen molar-refractivity contribution in [1.82, 2.24) is 9.97 Å². The molecular weight excluding hydrogens is 272 g/mol. The molecule has 2 aromatic carbocycles. The van der Waals surface area contributed by atoms with Gasteiger partial charge in [0.15, 0.2) is 0 Å². The molecule has 0 radical (unpaired) electrons. The molecule has 0 atom stereocenters. The van der Waals surface area contributed by atoms with E-state index in [0.717, 1.165) is 16.7 Å². The number of ether oxygens (including phenoxy) is 1. The standard InChI is InChI=1S/C16H13ClN2O/c1-10-7-8-12(9-11(10)2)20-15-13-5-3-4-6-14(13)18-16(17)19-15/h3-9H,1-2H3. The molecule has 100 valence electrons. The highest BCUT2D eigenvalue weighted by molar-refractivity contribution is 6.28. The van der Waals surface area contributed by atoms with E-state index in [1.165, 1.54) is 11.1 Å². The highest BCUT2D eigenvalue weighted by atomic mass is 35.5. The Morgan fingerprint density at radius 3 is 2.55 bits per heavy atom. The number of rotatable bonds is 2. The van der Waals surface area contributed by atoms with E-state index in [1.807, 2.05) is 49.4 Å². The van der Waals surface area contributed by atoms with Gasteiger partial charge < -0.3 is 4.74 Å². The number of hydrogen-bond donors (Lipinski definition) is 0. The summed E-state index contributed by atoms with van der Waals surface area (Å²) < 4.78 is 5.87. The molecule has 0 saturated carbocycles. The topological polar surface area (TPSA) is 35.0 Å². The number of hydrogen-bond acceptors (Lipinski definition) is 3. The maximum absolute atomic E-state index is 5.94. The molecule has 4 heteroatoms. The average molecular weight is 285 g/mol. The molecule has 1 aromatic heterocycles. The summed E-state index contributed by atoms with van der Waals surface area (Å²) in [6.45, 7) is 4.11. The van der Waals surface area contributed by atoms with Crippen LogP contribution in [0.2, 0.25) is 5.28 Å². The van der Waals surface area contributed by atoms with Crippen molar-refractivity contribution < 1.29 is 4.74 Å². The molecule has 0 bridgehead atoms. The van der Waals surface area contributed by atoms with Crippen LogP contribution in [0.3, 0.4) is 0 Å². The summed E-state index contributed by atoms with van der Waals surface area (Å²) in [5.41, 5.74) is 3.17. The fourth-order valence-electron chi connectivity index (χ4n) is 1.99. The second-order valence-electron chi connectivity index (χ2n) is 4.66. The minimum absolute atomic E-state index is 0.183. The van der Waals surface area contributed by atoms with Gasteiger partial charge in [0, 0.05) is 0 Å². The van der Waals surface area contributed by atoms with Crippen molar-refractivity contribution in [3.63, 3.8) is 0 Å². The summed E-state index contributed by atoms with van der Waals surface area (Å²) in [6.07, 6.45) is 0. The molecular formula is C16H13ClN2O. The smallest absolute Gasteiger partial charge is 0.231 e. The minimum Gasteiger partial charge on any atom is -0.438 e. The number of nitrogens with zero attached hydrogens (tertiary/aromatic N) is 2. The zero-order chi connectivity index (χ0) is 14.1. The molecule has 0 aliphatic carbocycles. The van der Waals surface area contributed by atoms with Gasteiger partial charge in [0.05, 0.1) is 10.9 Å². The van der Waals surface area contributed by atoms with Crippen LogP contribution in [0.5, 0.6) is 11.6 Å². The van der Waals surface area contributed by atoms with E-state index < -0.39 is 0 Å². The Balaban J connectivity index is 2.07. The number of aryl methyl sites for hydroxylation is 2. The first-order chi connectivity index (χ1) is 9.63. The van der Waals surface area contributed by atoms with E-state index in [1.54, 1.807) is 0 Å². The first-order valence-electron chi connectivity index (χ1n) is 6.31. The Bertz CT molecular complexity index is 787. The van der Waals surface area contributed by atoms with Gasteiger partial charge in [0.2, 0.25) is 11.2 Å². The highest BCUT2D eigenvalue weighted by Crippen LogP contribution is 2.29. The molecule has 3 rings (SSSR count). The van der Waals surface area contributed by atoms with Crippen LogP contribution in [-0.2, 0) is 0 Å². The van der Waals surface area contributed by atoms with Crippen molar-refractivity contribution in [2.24, 2.45) is 0 Å². The SMILES string of the molecule is Cc1ccc(Oc2nc(Cl)nc3ccccc23)cc1C. The fourth-order valence-corrected chi connectivity index (χ4v) is 2.16. The Kier molecular flexibility index (Phi) is 3.28. The lowest BCUT2D eigenvalue weighted by Gasteiger charge is -2.09. The van der Waals surface area contributed by atoms with Gasteiger partial charge in [0.1, 0.15) is 5.75 Å². The summed E-state index contributed by atoms with van der Waals surface area (Å²) in [6, 6.07) is 13.6. The number of aromatic nitrogens is 2. The third kappa shape index (κ3) is 2.45. The van der Waals surface area contributed by atoms with Crippen LogP contribution >= 0.6 is 11.6 Å². The van der Waals surface area contributed by atoms with E-state index in [0.29, 0.717) is 5.88 Å². The Morgan fingerprint density at radius 1 is 0.950 bits per heavy atom. The van der Waals surface area contributed by atoms with Gasteiger partial charge in [-0.05, 0) is 60.8 Å². The third-order valence-corrected chi connectivity index (χ3v) is 3.40. The predicted octanol–water partition coefficient (Wildman–Crippen LogP) is 4.69. The van der Waals surface area contributed by atoms with Crippen molar-refractivity contribution in [2.45, 2.75) is 13.8 Å². The van der Waals surface area contributed by atoms with Gasteiger partial charge in [-0.25, -0.2) is 4.98 Å². The van der Waals surface area contributed by atoms with Crippen molar-refractivity contribution in [2.75, 3.05) is 0 Å². The van der Waals surface area contributed by atoms with Crippen LogP contribution in [0.25, 0.3) is 10.9 Å². The lowest BCUT2D eigenvalue weighted by Crippen LogP contribution is -1.93. The van der Waals surface area contributed by atoms with Gasteiger partial charge in [-0.15, -0.1) is 0 Å². The summed E-state index contributed by atoms with van der Waals surface area (Å²) in [7, 11) is 0. The summed E-state index contributed by atoms with van der Waals surface area (Å²) in [5, 5.41) is 1.03. The molecule has 20 heavy (non-hydrogen) atoms. The Hall–Kier alpha value is -2.13. The number of halogens is 1. The van der Waals surface area contributed by atoms with Gasteiger partial charge in [-0.1, -0.05) is 18.2 Å². The van der Waals surface area contributed by atoms with Crippen molar-refractivity contribution >= 4 is 22.5 Å². The lowest BCUT2D eigenvalue weighted by molar-refractivity contribution is 0.468. The van der Waals surface area contributed by atoms with Crippen LogP contribution < -0.4 is 4.74 Å². The molecule has 0 fully saturated rings. The molecule has 0 unspecified atom stereocenters. The molecule has 3 aromatic rings. The van der Waals surface area contributed by atoms with Crippen LogP contribution in [0.15, 0.2) is 42.5 Å². The van der Waals surface area contributed by atoms with Gasteiger partial charge in [0.25, 0.3) is 0 Å². The number of para-hydroxylation sites is 1. The molecule has 0 saturated heterocycles. The summed E-state index contributed by atoms with van der Waals surface area (Å²) in [4.78, 5) is 8.36. The van der Waals surface area contributed by atoms with E-state index in [4.69, 9.17) is 16.3 Å². The monoisotopic (exact) mass is 284 g/mol. The van der Waals surface area contributed by atoms with Gasteiger partial charge >= 0.3 is 0 Å². The molecule has 3 nitrogen and oxygen atoms in total. The van der Waals surface area contributed by atoms with Crippen molar-refractivity contribution in [3.8, 4) is 11.6 Å². The second-order valence-corrected chi connectivity index (χ2v) is 5.00. The van der Waals surface area contributed by atoms with Gasteiger partial charge in [-0.2, -0.15) is 4.98 Å². The normalized spacial score (nSPS) is 10.8. The van der Waals surface area contributed by atoms with E-state index >= 15 is 0 Å². The quantitative estimate of drug-likeness (QED) is 0.640. The maximum Gasteiger partial charge on any atom is 0.231 e. The van der Waals surface area contributed by atoms with Crippen LogP contribution in [-0.4, -0.2) is 9.97 Å². The minimum atomic E-state index is 0.183. The Morgan fingerprint density at radius 2 is 1.75 bits per heavy atom. The zero-order valence-electron chi connectivity index (χ0n) is 11.2. The molecule has 0 aliphatic rings. The lowest BCUT2D eigenvalue weighted by atomic mass is 10.1. The number of fused-ring (bicyclic) bond motifs is 1. The summed E-state index contributed by atoms with van der Waals surface area (Å²) in [5.74, 6) is 1.22. The predicted molar refractivity (Wildman–Crippen MR) is 80.5 cm³/mol. The van der Waals surface area contributed by atoms with Crippen LogP contribution in [0, 0.1) is 13.8 Å². The first-order valence-corrected chi connectivity index (χ1v) is 6.69. The average Bonchev–Trinajstić information content (AvgIpc) is 2.43. The molecule has 0 amide bonds. The third-order valence-electron chi connectivity index (χ3n) is 3.23.